The van der Waals surface area contributed by atoms with Crippen LogP contribution in [-0.4, -0.2) is 265 Å². The van der Waals surface area contributed by atoms with Crippen LogP contribution < -0.4 is 113 Å². The summed E-state index contributed by atoms with van der Waals surface area (Å²) in [7, 11) is 0. The third-order valence-electron chi connectivity index (χ3n) is 17.5. The number of carbonyl (C=O) groups excluding carboxylic acids is 15. The van der Waals surface area contributed by atoms with Gasteiger partial charge in [0.15, 0.2) is 17.9 Å². The number of carboxylic acids is 1. The fourth-order valence-electron chi connectivity index (χ4n) is 10.6. The molecule has 14 atom stereocenters. The van der Waals surface area contributed by atoms with Crippen LogP contribution in [0, 0.1) is 28.1 Å². The molecule has 2 aromatic rings. The lowest BCUT2D eigenvalue weighted by atomic mass is 9.96. The second kappa shape index (κ2) is 54.3. The summed E-state index contributed by atoms with van der Waals surface area (Å²) >= 11 is 8.37. The number of rotatable bonds is 55. The highest BCUT2D eigenvalue weighted by atomic mass is 32.1. The van der Waals surface area contributed by atoms with E-state index in [1.807, 2.05) is 0 Å². The van der Waals surface area contributed by atoms with E-state index in [1.54, 1.807) is 81.4 Å². The van der Waals surface area contributed by atoms with Crippen molar-refractivity contribution in [3.63, 3.8) is 0 Å². The van der Waals surface area contributed by atoms with Crippen LogP contribution >= 0.6 is 25.3 Å². The molecule has 0 bridgehead atoms. The van der Waals surface area contributed by atoms with Gasteiger partial charge in [-0.2, -0.15) is 25.3 Å². The van der Waals surface area contributed by atoms with Crippen LogP contribution in [0.25, 0.3) is 0 Å². The SMILES string of the molecule is CC[C@H](C)[C@H](NC(=O)[C@H](CCCNC(=N)N)NC(=O)CNC(=O)CNC(=O)[C@H](Cc1ccccc1)NC(=O)CNC(=O)[C@H](CS)NC(=O)[C@H](CO)NC(=O)[C@@H](N)CO)C(=O)N[C@@H](CC(=O)O)C(=O)N[C@@H](CCCNC(=N)N)C(=O)N[C@H](C(=O)N[C@@H](CS)C(=O)N[C@H](Cc1ccccc1)C(=O)N[C@H](C=O)CCCNC(=N)N)[C@@H](C)CC. The molecular formula is C70H112N24O19S2. The van der Waals surface area contributed by atoms with E-state index in [0.29, 0.717) is 23.8 Å². The van der Waals surface area contributed by atoms with Crippen LogP contribution in [0.1, 0.15) is 96.6 Å². The van der Waals surface area contributed by atoms with Crippen molar-refractivity contribution in [3.05, 3.63) is 71.8 Å². The van der Waals surface area contributed by atoms with Crippen molar-refractivity contribution in [1.29, 1.82) is 16.2 Å². The van der Waals surface area contributed by atoms with Crippen molar-refractivity contribution in [3.8, 4) is 0 Å². The highest BCUT2D eigenvalue weighted by Gasteiger charge is 2.38. The van der Waals surface area contributed by atoms with Crippen LogP contribution in [0.2, 0.25) is 0 Å². The molecule has 43 nitrogen and oxygen atoms in total. The van der Waals surface area contributed by atoms with Crippen LogP contribution in [0.4, 0.5) is 0 Å². The molecule has 2 rings (SSSR count). The molecular weight excluding hydrogens is 1550 g/mol. The van der Waals surface area contributed by atoms with Gasteiger partial charge >= 0.3 is 5.97 Å². The van der Waals surface area contributed by atoms with Crippen LogP contribution in [0.15, 0.2) is 60.7 Å². The summed E-state index contributed by atoms with van der Waals surface area (Å²) < 4.78 is 0. The van der Waals surface area contributed by atoms with E-state index in [0.717, 1.165) is 0 Å². The number of carbonyl (C=O) groups is 16. The van der Waals surface area contributed by atoms with Gasteiger partial charge in [-0.15, -0.1) is 0 Å². The average molecular weight is 1660 g/mol. The Morgan fingerprint density at radius 3 is 1.19 bits per heavy atom. The molecule has 0 aliphatic carbocycles. The number of amides is 14. The van der Waals surface area contributed by atoms with Crippen molar-refractivity contribution < 1.29 is 92.0 Å². The molecule has 2 aromatic carbocycles. The number of nitrogens with two attached hydrogens (primary N) is 4. The first-order chi connectivity index (χ1) is 54.5. The van der Waals surface area contributed by atoms with Gasteiger partial charge in [0.1, 0.15) is 72.7 Å². The van der Waals surface area contributed by atoms with E-state index in [9.17, 15) is 86.9 Å². The average Bonchev–Trinajstić information content (AvgIpc) is 0.845. The monoisotopic (exact) mass is 1660 g/mol. The third kappa shape index (κ3) is 39.2. The lowest BCUT2D eigenvalue weighted by Gasteiger charge is -2.30. The van der Waals surface area contributed by atoms with E-state index < -0.39 is 224 Å². The first kappa shape index (κ1) is 99.6. The number of nitrogens with one attached hydrogen (secondary N) is 20. The second-order valence-electron chi connectivity index (χ2n) is 26.6. The maximum absolute atomic E-state index is 14.5. The van der Waals surface area contributed by atoms with Crippen molar-refractivity contribution in [1.82, 2.24) is 90.4 Å². The number of aliphatic hydroxyl groups is 2. The molecule has 0 spiro atoms. The van der Waals surface area contributed by atoms with Gasteiger partial charge in [-0.05, 0) is 61.5 Å². The minimum atomic E-state index is -1.98. The van der Waals surface area contributed by atoms with Crippen molar-refractivity contribution in [2.24, 2.45) is 34.8 Å². The minimum Gasteiger partial charge on any atom is -0.481 e. The molecule has 0 saturated heterocycles. The Morgan fingerprint density at radius 2 is 0.757 bits per heavy atom. The fourth-order valence-corrected chi connectivity index (χ4v) is 11.1. The molecule has 45 heteroatoms. The Hall–Kier alpha value is -11.5. The molecule has 14 amide bonds. The minimum absolute atomic E-state index is 0.00166. The van der Waals surface area contributed by atoms with Gasteiger partial charge < -0.3 is 133 Å². The van der Waals surface area contributed by atoms with Crippen LogP contribution in [0.5, 0.6) is 0 Å². The largest absolute Gasteiger partial charge is 0.481 e. The van der Waals surface area contributed by atoms with Crippen molar-refractivity contribution in [2.45, 2.75) is 171 Å². The van der Waals surface area contributed by atoms with Gasteiger partial charge in [-0.1, -0.05) is 101 Å². The molecule has 0 radical (unpaired) electrons. The zero-order valence-corrected chi connectivity index (χ0v) is 66.1. The summed E-state index contributed by atoms with van der Waals surface area (Å²) in [6.07, 6.45) is -0.354. The highest BCUT2D eigenvalue weighted by Crippen LogP contribution is 2.15. The van der Waals surface area contributed by atoms with Gasteiger partial charge in [0.05, 0.1) is 45.3 Å². The van der Waals surface area contributed by atoms with E-state index in [-0.39, 0.29) is 94.9 Å². The molecule has 0 heterocycles. The zero-order valence-electron chi connectivity index (χ0n) is 64.4. The summed E-state index contributed by atoms with van der Waals surface area (Å²) in [6.45, 7) is 2.57. The Bertz CT molecular complexity index is 3620. The summed E-state index contributed by atoms with van der Waals surface area (Å²) in [5, 5.41) is 93.2. The first-order valence-corrected chi connectivity index (χ1v) is 38.1. The Morgan fingerprint density at radius 1 is 0.409 bits per heavy atom. The fraction of sp³-hybridized carbons (Fsp3) is 0.557. The Balaban J connectivity index is 2.36. The van der Waals surface area contributed by atoms with E-state index in [2.05, 4.69) is 116 Å². The number of hydrogen-bond acceptors (Lipinski definition) is 24. The van der Waals surface area contributed by atoms with Gasteiger partial charge in [0, 0.05) is 44.0 Å². The second-order valence-corrected chi connectivity index (χ2v) is 27.3. The van der Waals surface area contributed by atoms with Crippen LogP contribution in [0.3, 0.4) is 0 Å². The van der Waals surface area contributed by atoms with Crippen molar-refractivity contribution in [2.75, 3.05) is 64.0 Å². The topological polar surface area (TPSA) is 714 Å². The van der Waals surface area contributed by atoms with Gasteiger partial charge in [0.25, 0.3) is 0 Å². The van der Waals surface area contributed by atoms with E-state index >= 15 is 0 Å². The van der Waals surface area contributed by atoms with Gasteiger partial charge in [0.2, 0.25) is 82.7 Å². The normalized spacial score (nSPS) is 14.5. The highest BCUT2D eigenvalue weighted by molar-refractivity contribution is 7.80. The summed E-state index contributed by atoms with van der Waals surface area (Å²) in [4.78, 5) is 216. The number of guanidine groups is 3. The number of carboxylic acid groups (broad SMARTS) is 1. The zero-order chi connectivity index (χ0) is 86.3. The standard InChI is InChI=1S/C70H112N24O19S2/c1-5-37(3)55(93-60(106)43(21-14-24-79-69(74)75)85-52(99)30-81-51(98)29-82-58(104)45(26-39-16-9-7-10-17-39)86-53(100)31-83-59(105)49(35-114)91-64(110)48(34-97)90-57(103)42(71)33-96)66(112)89-47(28-54(101)102)63(109)87-44(22-15-25-80-70(76)77)61(107)94-56(38(4)6-2)67(113)92-50(36-115)65(111)88-46(27-40-18-11-8-12-19-40)62(108)84-41(32-95)20-13-23-78-68(72)73/h7-12,16-19,32,37-38,41-50,55-56,96-97,114-115H,5-6,13-15,20-31,33-36,71H2,1-4H3,(H,81,98)(H,82,104)(H,83,105)(H,84,108)(H,85,99)(H,86,100)(H,87,109)(H,88,111)(H,89,112)(H,90,103)(H,91,110)(H,92,113)(H,93,106)(H,94,107)(H,101,102)(H4,72,73,78)(H4,74,75,79)(H4,76,77,80)/t37-,38-,41-,42-,43-,44-,45-,46+,47-,48-,49-,50-,55-,56-/m0/s1. The molecule has 0 unspecified atom stereocenters. The Labute approximate surface area is 675 Å². The maximum atomic E-state index is 14.5. The Kier molecular flexibility index (Phi) is 47.0. The number of benzene rings is 2. The van der Waals surface area contributed by atoms with Gasteiger partial charge in [-0.3, -0.25) is 88.1 Å². The lowest BCUT2D eigenvalue weighted by Crippen LogP contribution is -2.62. The predicted molar refractivity (Wildman–Crippen MR) is 425 cm³/mol. The number of aldehydes is 1. The summed E-state index contributed by atoms with van der Waals surface area (Å²) in [6, 6.07) is -0.942. The lowest BCUT2D eigenvalue weighted by molar-refractivity contribution is -0.142. The molecule has 638 valence electrons. The molecule has 0 aliphatic heterocycles. The molecule has 31 N–H and O–H groups in total. The van der Waals surface area contributed by atoms with E-state index in [1.165, 1.54) is 6.92 Å². The number of aliphatic carboxylic acids is 1. The van der Waals surface area contributed by atoms with Crippen LogP contribution in [-0.2, 0) is 89.6 Å². The smallest absolute Gasteiger partial charge is 0.305 e. The van der Waals surface area contributed by atoms with Crippen molar-refractivity contribution >= 4 is 138 Å². The number of hydrogen-bond donors (Lipinski definition) is 29. The number of aliphatic hydroxyl groups excluding tert-OH is 2. The van der Waals surface area contributed by atoms with Gasteiger partial charge in [-0.25, -0.2) is 0 Å². The first-order valence-electron chi connectivity index (χ1n) is 36.9. The summed E-state index contributed by atoms with van der Waals surface area (Å²) in [5.41, 5.74) is 22.9. The number of thiol groups is 2. The molecule has 0 aliphatic rings. The molecule has 115 heavy (non-hydrogen) atoms. The van der Waals surface area contributed by atoms with E-state index in [4.69, 9.17) is 44.3 Å². The third-order valence-corrected chi connectivity index (χ3v) is 18.2. The predicted octanol–water partition coefficient (Wildman–Crippen LogP) is -9.12. The summed E-state index contributed by atoms with van der Waals surface area (Å²) in [5.74, 6) is -18.6. The molecule has 0 fully saturated rings. The molecule has 0 aromatic heterocycles. The quantitative estimate of drug-likeness (QED) is 0.00961. The maximum Gasteiger partial charge on any atom is 0.305 e. The molecule has 0 saturated carbocycles.